The largest absolute Gasteiger partial charge is 0.326 e. The molecular formula is C14H13ClN4. The molecule has 4 nitrogen and oxygen atoms in total. The molecule has 0 aliphatic rings. The van der Waals surface area contributed by atoms with Crippen LogP contribution in [0.5, 0.6) is 0 Å². The summed E-state index contributed by atoms with van der Waals surface area (Å²) < 4.78 is 1.98. The monoisotopic (exact) mass is 272 g/mol. The maximum atomic E-state index is 5.88. The number of nitrogens with two attached hydrogens (primary N) is 1. The molecule has 2 heterocycles. The van der Waals surface area contributed by atoms with E-state index in [1.165, 1.54) is 0 Å². The van der Waals surface area contributed by atoms with Gasteiger partial charge >= 0.3 is 0 Å². The second kappa shape index (κ2) is 4.99. The molecule has 3 rings (SSSR count). The Morgan fingerprint density at radius 1 is 1.00 bits per heavy atom. The SMILES string of the molecule is NCc1ccc2nnc(Cc3ccc(Cl)cc3)n2c1. The van der Waals surface area contributed by atoms with Gasteiger partial charge in [0.05, 0.1) is 0 Å². The van der Waals surface area contributed by atoms with E-state index in [0.717, 1.165) is 27.6 Å². The predicted molar refractivity (Wildman–Crippen MR) is 75.1 cm³/mol. The van der Waals surface area contributed by atoms with Crippen LogP contribution in [0.3, 0.4) is 0 Å². The van der Waals surface area contributed by atoms with E-state index in [9.17, 15) is 0 Å². The van der Waals surface area contributed by atoms with Gasteiger partial charge in [-0.15, -0.1) is 10.2 Å². The van der Waals surface area contributed by atoms with Crippen molar-refractivity contribution >= 4 is 17.2 Å². The van der Waals surface area contributed by atoms with Crippen molar-refractivity contribution in [3.8, 4) is 0 Å². The highest BCUT2D eigenvalue weighted by molar-refractivity contribution is 6.30. The standard InChI is InChI=1S/C14H13ClN4/c15-12-4-1-10(2-5-12)7-14-18-17-13-6-3-11(8-16)9-19(13)14/h1-6,9H,7-8,16H2. The van der Waals surface area contributed by atoms with Crippen LogP contribution in [0.25, 0.3) is 5.65 Å². The molecule has 0 spiro atoms. The molecule has 0 radical (unpaired) electrons. The van der Waals surface area contributed by atoms with Crippen molar-refractivity contribution < 1.29 is 0 Å². The molecule has 0 aliphatic carbocycles. The summed E-state index contributed by atoms with van der Waals surface area (Å²) in [5.41, 5.74) is 8.70. The summed E-state index contributed by atoms with van der Waals surface area (Å²) in [5.74, 6) is 0.896. The number of benzene rings is 1. The minimum Gasteiger partial charge on any atom is -0.326 e. The smallest absolute Gasteiger partial charge is 0.160 e. The Hall–Kier alpha value is -1.91. The zero-order valence-corrected chi connectivity index (χ0v) is 11.0. The molecule has 0 saturated carbocycles. The first-order valence-corrected chi connectivity index (χ1v) is 6.41. The van der Waals surface area contributed by atoms with Crippen LogP contribution in [0.1, 0.15) is 17.0 Å². The molecule has 0 amide bonds. The van der Waals surface area contributed by atoms with Gasteiger partial charge in [0.15, 0.2) is 5.65 Å². The van der Waals surface area contributed by atoms with Crippen LogP contribution in [0.2, 0.25) is 5.02 Å². The molecule has 0 aliphatic heterocycles. The Labute approximate surface area is 115 Å². The highest BCUT2D eigenvalue weighted by Gasteiger charge is 2.06. The van der Waals surface area contributed by atoms with Crippen molar-refractivity contribution in [3.05, 3.63) is 64.6 Å². The van der Waals surface area contributed by atoms with Gasteiger partial charge in [-0.1, -0.05) is 29.8 Å². The van der Waals surface area contributed by atoms with E-state index in [4.69, 9.17) is 17.3 Å². The Morgan fingerprint density at radius 3 is 2.47 bits per heavy atom. The van der Waals surface area contributed by atoms with Crippen molar-refractivity contribution in [2.45, 2.75) is 13.0 Å². The number of aromatic nitrogens is 3. The Morgan fingerprint density at radius 2 is 1.74 bits per heavy atom. The number of rotatable bonds is 3. The van der Waals surface area contributed by atoms with E-state index in [1.807, 2.05) is 47.0 Å². The van der Waals surface area contributed by atoms with Crippen molar-refractivity contribution in [1.82, 2.24) is 14.6 Å². The van der Waals surface area contributed by atoms with Crippen molar-refractivity contribution in [2.24, 2.45) is 5.73 Å². The molecule has 3 aromatic rings. The van der Waals surface area contributed by atoms with E-state index >= 15 is 0 Å². The maximum absolute atomic E-state index is 5.88. The molecule has 5 heteroatoms. The minimum absolute atomic E-state index is 0.508. The summed E-state index contributed by atoms with van der Waals surface area (Å²) in [6.45, 7) is 0.508. The van der Waals surface area contributed by atoms with Gasteiger partial charge in [-0.2, -0.15) is 0 Å². The number of hydrogen-bond donors (Lipinski definition) is 1. The average Bonchev–Trinajstić information content (AvgIpc) is 2.84. The highest BCUT2D eigenvalue weighted by atomic mass is 35.5. The van der Waals surface area contributed by atoms with Crippen LogP contribution >= 0.6 is 11.6 Å². The average molecular weight is 273 g/mol. The quantitative estimate of drug-likeness (QED) is 0.797. The van der Waals surface area contributed by atoms with Crippen LogP contribution in [0, 0.1) is 0 Å². The lowest BCUT2D eigenvalue weighted by Crippen LogP contribution is -2.01. The Balaban J connectivity index is 1.98. The number of nitrogens with zero attached hydrogens (tertiary/aromatic N) is 3. The third-order valence-electron chi connectivity index (χ3n) is 3.05. The fourth-order valence-electron chi connectivity index (χ4n) is 2.01. The molecule has 2 N–H and O–H groups in total. The van der Waals surface area contributed by atoms with E-state index in [-0.39, 0.29) is 0 Å². The fraction of sp³-hybridized carbons (Fsp3) is 0.143. The van der Waals surface area contributed by atoms with Crippen molar-refractivity contribution in [2.75, 3.05) is 0 Å². The van der Waals surface area contributed by atoms with E-state index in [2.05, 4.69) is 10.2 Å². The van der Waals surface area contributed by atoms with Crippen LogP contribution in [0.4, 0.5) is 0 Å². The summed E-state index contributed by atoms with van der Waals surface area (Å²) in [7, 11) is 0. The summed E-state index contributed by atoms with van der Waals surface area (Å²) in [4.78, 5) is 0. The minimum atomic E-state index is 0.508. The van der Waals surface area contributed by atoms with Gasteiger partial charge in [-0.05, 0) is 29.3 Å². The third kappa shape index (κ3) is 2.45. The molecule has 1 aromatic carbocycles. The lowest BCUT2D eigenvalue weighted by Gasteiger charge is -2.03. The number of halogens is 1. The van der Waals surface area contributed by atoms with Gasteiger partial charge in [-0.3, -0.25) is 4.40 Å². The zero-order valence-electron chi connectivity index (χ0n) is 10.3. The van der Waals surface area contributed by atoms with Gasteiger partial charge in [0.1, 0.15) is 5.82 Å². The zero-order chi connectivity index (χ0) is 13.2. The van der Waals surface area contributed by atoms with Crippen LogP contribution in [-0.2, 0) is 13.0 Å². The van der Waals surface area contributed by atoms with Gasteiger partial charge in [-0.25, -0.2) is 0 Å². The van der Waals surface area contributed by atoms with Crippen LogP contribution in [0.15, 0.2) is 42.6 Å². The van der Waals surface area contributed by atoms with Gasteiger partial charge < -0.3 is 5.73 Å². The first-order valence-electron chi connectivity index (χ1n) is 6.03. The number of pyridine rings is 1. The molecule has 0 fully saturated rings. The molecule has 0 bridgehead atoms. The summed E-state index contributed by atoms with van der Waals surface area (Å²) in [6, 6.07) is 11.7. The van der Waals surface area contributed by atoms with E-state index < -0.39 is 0 Å². The second-order valence-electron chi connectivity index (χ2n) is 4.39. The first-order chi connectivity index (χ1) is 9.26. The summed E-state index contributed by atoms with van der Waals surface area (Å²) in [5, 5.41) is 9.12. The maximum Gasteiger partial charge on any atom is 0.160 e. The highest BCUT2D eigenvalue weighted by Crippen LogP contribution is 2.14. The molecule has 2 aromatic heterocycles. The molecule has 0 unspecified atom stereocenters. The topological polar surface area (TPSA) is 56.2 Å². The van der Waals surface area contributed by atoms with Gasteiger partial charge in [0.25, 0.3) is 0 Å². The molecule has 96 valence electrons. The normalized spacial score (nSPS) is 11.1. The van der Waals surface area contributed by atoms with Crippen LogP contribution < -0.4 is 5.73 Å². The van der Waals surface area contributed by atoms with Gasteiger partial charge in [0, 0.05) is 24.2 Å². The molecule has 0 atom stereocenters. The van der Waals surface area contributed by atoms with E-state index in [1.54, 1.807) is 0 Å². The molecule has 0 saturated heterocycles. The summed E-state index contributed by atoms with van der Waals surface area (Å²) >= 11 is 5.88. The van der Waals surface area contributed by atoms with Crippen molar-refractivity contribution in [3.63, 3.8) is 0 Å². The predicted octanol–water partition coefficient (Wildman–Crippen LogP) is 2.43. The van der Waals surface area contributed by atoms with E-state index in [0.29, 0.717) is 13.0 Å². The summed E-state index contributed by atoms with van der Waals surface area (Å²) in [6.07, 6.45) is 2.70. The first kappa shape index (κ1) is 12.1. The number of fused-ring (bicyclic) bond motifs is 1. The Kier molecular flexibility index (Phi) is 3.19. The molecular weight excluding hydrogens is 260 g/mol. The third-order valence-corrected chi connectivity index (χ3v) is 3.30. The van der Waals surface area contributed by atoms with Crippen molar-refractivity contribution in [1.29, 1.82) is 0 Å². The Bertz CT molecular complexity index is 703. The number of hydrogen-bond acceptors (Lipinski definition) is 3. The second-order valence-corrected chi connectivity index (χ2v) is 4.83. The lowest BCUT2D eigenvalue weighted by molar-refractivity contribution is 0.922. The van der Waals surface area contributed by atoms with Gasteiger partial charge in [0.2, 0.25) is 0 Å². The fourth-order valence-corrected chi connectivity index (χ4v) is 2.13. The molecule has 19 heavy (non-hydrogen) atoms. The lowest BCUT2D eigenvalue weighted by atomic mass is 10.1. The van der Waals surface area contributed by atoms with Crippen LogP contribution in [-0.4, -0.2) is 14.6 Å².